The lowest BCUT2D eigenvalue weighted by Gasteiger charge is -2.37. The Labute approximate surface area is 180 Å². The summed E-state index contributed by atoms with van der Waals surface area (Å²) in [4.78, 5) is 4.69. The van der Waals surface area contributed by atoms with Crippen molar-refractivity contribution >= 4 is 17.3 Å². The van der Waals surface area contributed by atoms with E-state index in [4.69, 9.17) is 16.3 Å². The fourth-order valence-electron chi connectivity index (χ4n) is 3.87. The number of anilines is 1. The number of rotatable bonds is 8. The van der Waals surface area contributed by atoms with Gasteiger partial charge in [-0.2, -0.15) is 0 Å². The first-order chi connectivity index (χ1) is 14.0. The Kier molecular flexibility index (Phi) is 7.82. The number of para-hydroxylation sites is 1. The summed E-state index contributed by atoms with van der Waals surface area (Å²) in [6.07, 6.45) is 0.568. The second-order valence-electron chi connectivity index (χ2n) is 8.03. The minimum absolute atomic E-state index is 0.320. The van der Waals surface area contributed by atoms with Gasteiger partial charge < -0.3 is 14.7 Å². The van der Waals surface area contributed by atoms with Gasteiger partial charge >= 0.3 is 0 Å². The van der Waals surface area contributed by atoms with E-state index in [-0.39, 0.29) is 0 Å². The van der Waals surface area contributed by atoms with E-state index in [9.17, 15) is 5.11 Å². The lowest BCUT2D eigenvalue weighted by Crippen LogP contribution is -2.49. The lowest BCUT2D eigenvalue weighted by atomic mass is 9.98. The van der Waals surface area contributed by atoms with Crippen molar-refractivity contribution in [3.63, 3.8) is 0 Å². The smallest absolute Gasteiger partial charge is 0.122 e. The fourth-order valence-corrected chi connectivity index (χ4v) is 4.04. The Bertz CT molecular complexity index is 790. The van der Waals surface area contributed by atoms with Crippen molar-refractivity contribution in [3.8, 4) is 5.75 Å². The summed E-state index contributed by atoms with van der Waals surface area (Å²) in [7, 11) is 0. The number of benzene rings is 2. The summed E-state index contributed by atoms with van der Waals surface area (Å²) < 4.78 is 5.98. The summed E-state index contributed by atoms with van der Waals surface area (Å²) in [6, 6.07) is 14.2. The van der Waals surface area contributed by atoms with Crippen LogP contribution in [-0.2, 0) is 0 Å². The molecule has 5 heteroatoms. The molecule has 2 atom stereocenters. The van der Waals surface area contributed by atoms with Gasteiger partial charge in [-0.3, -0.25) is 4.90 Å². The molecule has 158 valence electrons. The third-order valence-corrected chi connectivity index (χ3v) is 6.08. The molecular weight excluding hydrogens is 384 g/mol. The molecule has 0 spiro atoms. The molecule has 0 radical (unpaired) electrons. The van der Waals surface area contributed by atoms with Crippen LogP contribution in [0.3, 0.4) is 0 Å². The number of aliphatic hydroxyl groups is 1. The van der Waals surface area contributed by atoms with Crippen LogP contribution in [0.4, 0.5) is 5.69 Å². The molecule has 0 aromatic heterocycles. The van der Waals surface area contributed by atoms with Crippen LogP contribution >= 0.6 is 11.6 Å². The summed E-state index contributed by atoms with van der Waals surface area (Å²) >= 11 is 6.17. The number of ether oxygens (including phenoxy) is 1. The monoisotopic (exact) mass is 416 g/mol. The quantitative estimate of drug-likeness (QED) is 0.675. The number of nitrogens with zero attached hydrogens (tertiary/aromatic N) is 2. The van der Waals surface area contributed by atoms with E-state index in [0.29, 0.717) is 19.1 Å². The van der Waals surface area contributed by atoms with Crippen molar-refractivity contribution in [2.45, 2.75) is 39.2 Å². The highest BCUT2D eigenvalue weighted by molar-refractivity contribution is 6.30. The molecule has 1 fully saturated rings. The topological polar surface area (TPSA) is 35.9 Å². The van der Waals surface area contributed by atoms with Crippen LogP contribution in [-0.4, -0.2) is 55.4 Å². The van der Waals surface area contributed by atoms with Crippen molar-refractivity contribution in [1.82, 2.24) is 4.90 Å². The van der Waals surface area contributed by atoms with E-state index in [1.54, 1.807) is 0 Å². The zero-order chi connectivity index (χ0) is 20.8. The van der Waals surface area contributed by atoms with Crippen molar-refractivity contribution in [2.75, 3.05) is 44.2 Å². The van der Waals surface area contributed by atoms with E-state index in [1.165, 1.54) is 16.8 Å². The van der Waals surface area contributed by atoms with E-state index < -0.39 is 6.10 Å². The van der Waals surface area contributed by atoms with Crippen LogP contribution < -0.4 is 9.64 Å². The molecule has 29 heavy (non-hydrogen) atoms. The average molecular weight is 417 g/mol. The summed E-state index contributed by atoms with van der Waals surface area (Å²) in [5.41, 5.74) is 3.67. The fraction of sp³-hybridized carbons (Fsp3) is 0.500. The highest BCUT2D eigenvalue weighted by Gasteiger charge is 2.21. The third kappa shape index (κ3) is 5.88. The standard InChI is InChI=1S/C24H33ClN2O2/c1-4-18(2)22-7-5-6-8-24(22)29-17-21(28)16-26-11-13-27(14-12-26)23-15-20(25)10-9-19(23)3/h5-10,15,18,21,28H,4,11-14,16-17H2,1-3H3. The summed E-state index contributed by atoms with van der Waals surface area (Å²) in [5, 5.41) is 11.3. The van der Waals surface area contributed by atoms with Crippen molar-refractivity contribution < 1.29 is 9.84 Å². The van der Waals surface area contributed by atoms with Gasteiger partial charge in [-0.15, -0.1) is 0 Å². The first-order valence-electron chi connectivity index (χ1n) is 10.6. The number of β-amino-alcohol motifs (C(OH)–C–C–N with tert-alkyl or cyclic N) is 1. The van der Waals surface area contributed by atoms with Gasteiger partial charge in [0.15, 0.2) is 0 Å². The molecule has 0 aliphatic carbocycles. The first kappa shape index (κ1) is 21.9. The lowest BCUT2D eigenvalue weighted by molar-refractivity contribution is 0.0658. The Morgan fingerprint density at radius 1 is 1.10 bits per heavy atom. The van der Waals surface area contributed by atoms with E-state index in [0.717, 1.165) is 43.4 Å². The molecule has 2 aromatic rings. The van der Waals surface area contributed by atoms with E-state index in [2.05, 4.69) is 42.7 Å². The van der Waals surface area contributed by atoms with E-state index >= 15 is 0 Å². The molecular formula is C24H33ClN2O2. The van der Waals surface area contributed by atoms with Crippen LogP contribution in [0.25, 0.3) is 0 Å². The van der Waals surface area contributed by atoms with Crippen molar-refractivity contribution in [1.29, 1.82) is 0 Å². The van der Waals surface area contributed by atoms with Gasteiger partial charge in [0.1, 0.15) is 18.5 Å². The molecule has 0 bridgehead atoms. The number of piperazine rings is 1. The molecule has 0 saturated carbocycles. The Hall–Kier alpha value is -1.75. The molecule has 1 aliphatic heterocycles. The number of hydrogen-bond acceptors (Lipinski definition) is 4. The van der Waals surface area contributed by atoms with Crippen LogP contribution in [0.1, 0.15) is 37.3 Å². The van der Waals surface area contributed by atoms with Gasteiger partial charge in [-0.25, -0.2) is 0 Å². The minimum atomic E-state index is -0.501. The average Bonchev–Trinajstić information content (AvgIpc) is 2.74. The zero-order valence-corrected chi connectivity index (χ0v) is 18.5. The first-order valence-corrected chi connectivity index (χ1v) is 11.0. The number of halogens is 1. The van der Waals surface area contributed by atoms with Gasteiger partial charge in [0, 0.05) is 43.4 Å². The summed E-state index contributed by atoms with van der Waals surface area (Å²) in [5.74, 6) is 1.34. The minimum Gasteiger partial charge on any atom is -0.491 e. The molecule has 1 N–H and O–H groups in total. The van der Waals surface area contributed by atoms with Crippen LogP contribution in [0.5, 0.6) is 5.75 Å². The molecule has 1 saturated heterocycles. The molecule has 2 aromatic carbocycles. The van der Waals surface area contributed by atoms with Gasteiger partial charge in [-0.05, 0) is 48.6 Å². The highest BCUT2D eigenvalue weighted by Crippen LogP contribution is 2.28. The van der Waals surface area contributed by atoms with Crippen molar-refractivity contribution in [3.05, 3.63) is 58.6 Å². The maximum Gasteiger partial charge on any atom is 0.122 e. The van der Waals surface area contributed by atoms with Crippen LogP contribution in [0.15, 0.2) is 42.5 Å². The maximum absolute atomic E-state index is 10.5. The maximum atomic E-state index is 10.5. The third-order valence-electron chi connectivity index (χ3n) is 5.85. The van der Waals surface area contributed by atoms with Gasteiger partial charge in [0.2, 0.25) is 0 Å². The Morgan fingerprint density at radius 2 is 1.83 bits per heavy atom. The van der Waals surface area contributed by atoms with Gasteiger partial charge in [0.05, 0.1) is 0 Å². The van der Waals surface area contributed by atoms with Crippen molar-refractivity contribution in [2.24, 2.45) is 0 Å². The SMILES string of the molecule is CCC(C)c1ccccc1OCC(O)CN1CCN(c2cc(Cl)ccc2C)CC1. The molecule has 1 heterocycles. The largest absolute Gasteiger partial charge is 0.491 e. The molecule has 4 nitrogen and oxygen atoms in total. The van der Waals surface area contributed by atoms with Crippen LogP contribution in [0.2, 0.25) is 5.02 Å². The number of aliphatic hydroxyl groups excluding tert-OH is 1. The Morgan fingerprint density at radius 3 is 2.55 bits per heavy atom. The van der Waals surface area contributed by atoms with Crippen LogP contribution in [0, 0.1) is 6.92 Å². The second-order valence-corrected chi connectivity index (χ2v) is 8.47. The van der Waals surface area contributed by atoms with Gasteiger partial charge in [-0.1, -0.05) is 49.7 Å². The number of hydrogen-bond donors (Lipinski definition) is 1. The number of aryl methyl sites for hydroxylation is 1. The summed E-state index contributed by atoms with van der Waals surface area (Å²) in [6.45, 7) is 11.2. The molecule has 0 amide bonds. The molecule has 3 rings (SSSR count). The predicted octanol–water partition coefficient (Wildman–Crippen LogP) is 4.72. The van der Waals surface area contributed by atoms with Gasteiger partial charge in [0.25, 0.3) is 0 Å². The Balaban J connectivity index is 1.48. The second kappa shape index (κ2) is 10.3. The zero-order valence-electron chi connectivity index (χ0n) is 17.8. The predicted molar refractivity (Wildman–Crippen MR) is 121 cm³/mol. The highest BCUT2D eigenvalue weighted by atomic mass is 35.5. The molecule has 2 unspecified atom stereocenters. The van der Waals surface area contributed by atoms with E-state index in [1.807, 2.05) is 30.3 Å². The molecule has 1 aliphatic rings. The normalized spacial score (nSPS) is 17.2.